The first kappa shape index (κ1) is 38.5. The molecular formula is C63H37N5O2. The molecule has 0 fully saturated rings. The summed E-state index contributed by atoms with van der Waals surface area (Å²) in [6.45, 7) is 0. The highest BCUT2D eigenvalue weighted by molar-refractivity contribution is 6.19. The number of fused-ring (bicyclic) bond motifs is 12. The van der Waals surface area contributed by atoms with Crippen molar-refractivity contribution in [2.24, 2.45) is 0 Å². The third kappa shape index (κ3) is 5.91. The van der Waals surface area contributed by atoms with E-state index in [-0.39, 0.29) is 0 Å². The van der Waals surface area contributed by atoms with E-state index in [2.05, 4.69) is 161 Å². The first-order chi connectivity index (χ1) is 34.7. The Kier molecular flexibility index (Phi) is 8.23. The molecule has 0 radical (unpaired) electrons. The summed E-state index contributed by atoms with van der Waals surface area (Å²) in [7, 11) is 0. The van der Waals surface area contributed by atoms with E-state index in [0.717, 1.165) is 116 Å². The van der Waals surface area contributed by atoms with Gasteiger partial charge in [-0.1, -0.05) is 146 Å². The highest BCUT2D eigenvalue weighted by Crippen LogP contribution is 2.43. The normalized spacial score (nSPS) is 12.0. The summed E-state index contributed by atoms with van der Waals surface area (Å²) in [5, 5.41) is 9.08. The fraction of sp³-hybridized carbons (Fsp3) is 0. The van der Waals surface area contributed by atoms with Crippen molar-refractivity contribution in [3.63, 3.8) is 0 Å². The topological polar surface area (TPSA) is 74.8 Å². The molecule has 0 saturated carbocycles. The highest BCUT2D eigenvalue weighted by Gasteiger charge is 2.21. The van der Waals surface area contributed by atoms with Crippen LogP contribution in [-0.2, 0) is 0 Å². The molecule has 5 heterocycles. The molecule has 70 heavy (non-hydrogen) atoms. The van der Waals surface area contributed by atoms with Crippen molar-refractivity contribution < 1.29 is 8.83 Å². The van der Waals surface area contributed by atoms with Gasteiger partial charge in [0.1, 0.15) is 22.3 Å². The Morgan fingerprint density at radius 1 is 0.243 bits per heavy atom. The summed E-state index contributed by atoms with van der Waals surface area (Å²) in [6.07, 6.45) is 0. The first-order valence-corrected chi connectivity index (χ1v) is 23.5. The second-order valence-corrected chi connectivity index (χ2v) is 18.0. The molecule has 0 aliphatic carbocycles. The number of benzene rings is 10. The Morgan fingerprint density at radius 3 is 1.41 bits per heavy atom. The zero-order valence-electron chi connectivity index (χ0n) is 37.4. The molecule has 0 aliphatic rings. The fourth-order valence-electron chi connectivity index (χ4n) is 10.7. The van der Waals surface area contributed by atoms with E-state index < -0.39 is 0 Å². The lowest BCUT2D eigenvalue weighted by Gasteiger charge is -2.11. The van der Waals surface area contributed by atoms with Crippen LogP contribution in [0, 0.1) is 0 Å². The van der Waals surface area contributed by atoms with E-state index >= 15 is 0 Å². The lowest BCUT2D eigenvalue weighted by atomic mass is 10.0. The average molecular weight is 896 g/mol. The molecule has 0 saturated heterocycles. The Morgan fingerprint density at radius 2 is 0.714 bits per heavy atom. The van der Waals surface area contributed by atoms with Crippen molar-refractivity contribution in [3.8, 4) is 56.7 Å². The average Bonchev–Trinajstić information content (AvgIpc) is 4.16. The molecule has 326 valence electrons. The SMILES string of the molecule is c1ccc(-c2nc(-c3ccccc3)nc(-c3cccc(-n4c5ccccc5c5cc6c(cc54)oc4ccc(-c5ccc7c8cc9c(cc8n(-c8ccccc8)c7c5)oc5ccccc59)cc46)c3)n2)cc1. The van der Waals surface area contributed by atoms with Crippen LogP contribution < -0.4 is 0 Å². The van der Waals surface area contributed by atoms with Gasteiger partial charge < -0.3 is 18.0 Å². The third-order valence-corrected chi connectivity index (χ3v) is 13.9. The largest absolute Gasteiger partial charge is 0.456 e. The number of para-hydroxylation sites is 3. The molecule has 5 aromatic heterocycles. The predicted octanol–water partition coefficient (Wildman–Crippen LogP) is 16.5. The zero-order chi connectivity index (χ0) is 45.9. The minimum Gasteiger partial charge on any atom is -0.456 e. The molecular weight excluding hydrogens is 859 g/mol. The van der Waals surface area contributed by atoms with Crippen molar-refractivity contribution in [2.75, 3.05) is 0 Å². The number of furan rings is 2. The Hall–Kier alpha value is -9.59. The van der Waals surface area contributed by atoms with Crippen molar-refractivity contribution in [2.45, 2.75) is 0 Å². The number of hydrogen-bond acceptors (Lipinski definition) is 5. The molecule has 0 N–H and O–H groups in total. The fourth-order valence-corrected chi connectivity index (χ4v) is 10.7. The van der Waals surface area contributed by atoms with Gasteiger partial charge in [-0.2, -0.15) is 0 Å². The van der Waals surface area contributed by atoms with Gasteiger partial charge in [-0.3, -0.25) is 0 Å². The minimum atomic E-state index is 0.607. The van der Waals surface area contributed by atoms with Crippen LogP contribution in [0.2, 0.25) is 0 Å². The predicted molar refractivity (Wildman–Crippen MR) is 285 cm³/mol. The van der Waals surface area contributed by atoms with E-state index in [4.69, 9.17) is 23.8 Å². The van der Waals surface area contributed by atoms with E-state index in [1.165, 1.54) is 10.8 Å². The van der Waals surface area contributed by atoms with Gasteiger partial charge in [0.2, 0.25) is 0 Å². The number of nitrogens with zero attached hydrogens (tertiary/aromatic N) is 5. The molecule has 0 bridgehead atoms. The second kappa shape index (κ2) is 15.0. The molecule has 0 atom stereocenters. The molecule has 0 unspecified atom stereocenters. The molecule has 15 rings (SSSR count). The van der Waals surface area contributed by atoms with Gasteiger partial charge in [0.25, 0.3) is 0 Å². The zero-order valence-corrected chi connectivity index (χ0v) is 37.4. The van der Waals surface area contributed by atoms with Crippen LogP contribution in [0.25, 0.3) is 144 Å². The van der Waals surface area contributed by atoms with Crippen molar-refractivity contribution in [1.29, 1.82) is 0 Å². The van der Waals surface area contributed by atoms with E-state index in [1.54, 1.807) is 0 Å². The molecule has 0 aliphatic heterocycles. The smallest absolute Gasteiger partial charge is 0.164 e. The Labute approximate surface area is 399 Å². The van der Waals surface area contributed by atoms with Crippen LogP contribution in [0.5, 0.6) is 0 Å². The van der Waals surface area contributed by atoms with Gasteiger partial charge in [-0.05, 0) is 77.9 Å². The lowest BCUT2D eigenvalue weighted by Crippen LogP contribution is -2.01. The Bertz CT molecular complexity index is 4530. The van der Waals surface area contributed by atoms with Crippen LogP contribution in [-0.4, -0.2) is 24.1 Å². The first-order valence-electron chi connectivity index (χ1n) is 23.5. The molecule has 7 nitrogen and oxygen atoms in total. The maximum atomic E-state index is 6.74. The molecule has 0 amide bonds. The summed E-state index contributed by atoms with van der Waals surface area (Å²) in [6, 6.07) is 78.6. The summed E-state index contributed by atoms with van der Waals surface area (Å²) in [4.78, 5) is 15.0. The number of hydrogen-bond donors (Lipinski definition) is 0. The summed E-state index contributed by atoms with van der Waals surface area (Å²) in [5.74, 6) is 1.86. The standard InChI is InChI=1S/C63H37N5O2/c1-4-15-38(16-5-1)61-64-62(39-17-6-2-7-18-39)66-63(65-61)42-19-14-22-44(31-42)68-53-25-12-10-23-45(53)48-35-52-50-32-40(28-30-58(50)70-60(52)37-56(48)68)41-27-29-46-49-34-51-47-24-11-13-26-57(47)69-59(51)36-55(49)67(54(46)33-41)43-20-8-3-9-21-43/h1-37H. The van der Waals surface area contributed by atoms with E-state index in [0.29, 0.717) is 17.5 Å². The highest BCUT2D eigenvalue weighted by atomic mass is 16.3. The third-order valence-electron chi connectivity index (χ3n) is 13.9. The summed E-state index contributed by atoms with van der Waals surface area (Å²) < 4.78 is 17.8. The van der Waals surface area contributed by atoms with Crippen molar-refractivity contribution in [1.82, 2.24) is 24.1 Å². The summed E-state index contributed by atoms with van der Waals surface area (Å²) in [5.41, 5.74) is 14.9. The van der Waals surface area contributed by atoms with Gasteiger partial charge in [0, 0.05) is 83.3 Å². The van der Waals surface area contributed by atoms with E-state index in [1.807, 2.05) is 72.8 Å². The van der Waals surface area contributed by atoms with Gasteiger partial charge in [0.15, 0.2) is 17.5 Å². The molecule has 7 heteroatoms. The van der Waals surface area contributed by atoms with Crippen LogP contribution in [0.4, 0.5) is 0 Å². The van der Waals surface area contributed by atoms with Crippen molar-refractivity contribution >= 4 is 87.5 Å². The molecule has 10 aromatic carbocycles. The molecule has 0 spiro atoms. The number of rotatable bonds is 6. The van der Waals surface area contributed by atoms with Crippen molar-refractivity contribution in [3.05, 3.63) is 224 Å². The summed E-state index contributed by atoms with van der Waals surface area (Å²) >= 11 is 0. The van der Waals surface area contributed by atoms with Gasteiger partial charge >= 0.3 is 0 Å². The quantitative estimate of drug-likeness (QED) is 0.166. The van der Waals surface area contributed by atoms with Gasteiger partial charge in [0.05, 0.1) is 22.1 Å². The van der Waals surface area contributed by atoms with Crippen LogP contribution in [0.3, 0.4) is 0 Å². The van der Waals surface area contributed by atoms with Crippen LogP contribution >= 0.6 is 0 Å². The van der Waals surface area contributed by atoms with Gasteiger partial charge in [-0.25, -0.2) is 15.0 Å². The minimum absolute atomic E-state index is 0.607. The second-order valence-electron chi connectivity index (χ2n) is 18.0. The van der Waals surface area contributed by atoms with E-state index in [9.17, 15) is 0 Å². The Balaban J connectivity index is 0.872. The van der Waals surface area contributed by atoms with Gasteiger partial charge in [-0.15, -0.1) is 0 Å². The maximum absolute atomic E-state index is 6.74. The van der Waals surface area contributed by atoms with Crippen LogP contribution in [0.1, 0.15) is 0 Å². The molecule has 15 aromatic rings. The van der Waals surface area contributed by atoms with Crippen LogP contribution in [0.15, 0.2) is 233 Å². The number of aromatic nitrogens is 5. The lowest BCUT2D eigenvalue weighted by molar-refractivity contribution is 0.669. The maximum Gasteiger partial charge on any atom is 0.164 e. The monoisotopic (exact) mass is 895 g/mol.